The monoisotopic (exact) mass is 301 g/mol. The molecule has 0 aromatic heterocycles. The Labute approximate surface area is 113 Å². The van der Waals surface area contributed by atoms with Crippen molar-refractivity contribution in [1.29, 1.82) is 0 Å². The average Bonchev–Trinajstić information content (AvgIpc) is 2.27. The Morgan fingerprint density at radius 2 is 2.00 bits per heavy atom. The SMILES string of the molecule is COC(=O)C[C@@H](N)c1cccc(C(F)(F)F)c1F.Cl. The van der Waals surface area contributed by atoms with Gasteiger partial charge in [0, 0.05) is 11.6 Å². The molecule has 1 aromatic rings. The van der Waals surface area contributed by atoms with Crippen molar-refractivity contribution in [2.24, 2.45) is 5.73 Å². The summed E-state index contributed by atoms with van der Waals surface area (Å²) in [5.74, 6) is -2.18. The van der Waals surface area contributed by atoms with Crippen LogP contribution in [0.25, 0.3) is 0 Å². The zero-order chi connectivity index (χ0) is 13.9. The molecule has 1 rings (SSSR count). The lowest BCUT2D eigenvalue weighted by Crippen LogP contribution is -2.19. The lowest BCUT2D eigenvalue weighted by molar-refractivity contribution is -0.141. The van der Waals surface area contributed by atoms with E-state index < -0.39 is 36.0 Å². The summed E-state index contributed by atoms with van der Waals surface area (Å²) in [5.41, 5.74) is 3.71. The summed E-state index contributed by atoms with van der Waals surface area (Å²) in [6.07, 6.45) is -5.19. The van der Waals surface area contributed by atoms with Crippen molar-refractivity contribution in [3.8, 4) is 0 Å². The van der Waals surface area contributed by atoms with E-state index in [1.165, 1.54) is 0 Å². The Morgan fingerprint density at radius 3 is 2.47 bits per heavy atom. The number of benzene rings is 1. The van der Waals surface area contributed by atoms with E-state index in [0.717, 1.165) is 19.2 Å². The van der Waals surface area contributed by atoms with E-state index in [4.69, 9.17) is 5.73 Å². The van der Waals surface area contributed by atoms with Gasteiger partial charge in [-0.3, -0.25) is 4.79 Å². The molecule has 0 heterocycles. The van der Waals surface area contributed by atoms with Gasteiger partial charge in [0.05, 0.1) is 19.1 Å². The number of carbonyl (C=O) groups is 1. The maximum Gasteiger partial charge on any atom is 0.419 e. The van der Waals surface area contributed by atoms with Crippen LogP contribution in [0.3, 0.4) is 0 Å². The van der Waals surface area contributed by atoms with Crippen LogP contribution in [0.5, 0.6) is 0 Å². The van der Waals surface area contributed by atoms with Crippen LogP contribution in [0.4, 0.5) is 17.6 Å². The molecule has 0 unspecified atom stereocenters. The molecular formula is C11H12ClF4NO2. The predicted octanol–water partition coefficient (Wildman–Crippen LogP) is 2.83. The van der Waals surface area contributed by atoms with Gasteiger partial charge < -0.3 is 10.5 Å². The second-order valence-corrected chi connectivity index (χ2v) is 3.59. The number of carbonyl (C=O) groups excluding carboxylic acids is 1. The van der Waals surface area contributed by atoms with Gasteiger partial charge in [-0.25, -0.2) is 4.39 Å². The summed E-state index contributed by atoms with van der Waals surface area (Å²) in [6.45, 7) is 0. The first kappa shape index (κ1) is 17.7. The summed E-state index contributed by atoms with van der Waals surface area (Å²) in [6, 6.07) is 1.58. The van der Waals surface area contributed by atoms with Crippen molar-refractivity contribution in [2.75, 3.05) is 7.11 Å². The number of nitrogens with two attached hydrogens (primary N) is 1. The molecule has 2 N–H and O–H groups in total. The summed E-state index contributed by atoms with van der Waals surface area (Å²) in [5, 5.41) is 0. The van der Waals surface area contributed by atoms with Crippen molar-refractivity contribution in [3.63, 3.8) is 0 Å². The normalized spacial score (nSPS) is 12.5. The zero-order valence-corrected chi connectivity index (χ0v) is 10.6. The minimum Gasteiger partial charge on any atom is -0.469 e. The highest BCUT2D eigenvalue weighted by Gasteiger charge is 2.35. The second-order valence-electron chi connectivity index (χ2n) is 3.59. The van der Waals surface area contributed by atoms with Gasteiger partial charge in [0.2, 0.25) is 0 Å². The predicted molar refractivity (Wildman–Crippen MR) is 62.2 cm³/mol. The minimum atomic E-state index is -4.80. The number of esters is 1. The van der Waals surface area contributed by atoms with E-state index >= 15 is 0 Å². The Kier molecular flexibility index (Phi) is 6.24. The van der Waals surface area contributed by atoms with Crippen LogP contribution in [0.1, 0.15) is 23.6 Å². The topological polar surface area (TPSA) is 52.3 Å². The van der Waals surface area contributed by atoms with E-state index in [2.05, 4.69) is 4.74 Å². The fraction of sp³-hybridized carbons (Fsp3) is 0.364. The van der Waals surface area contributed by atoms with Crippen LogP contribution in [0.15, 0.2) is 18.2 Å². The van der Waals surface area contributed by atoms with Crippen LogP contribution < -0.4 is 5.73 Å². The van der Waals surface area contributed by atoms with Crippen molar-refractivity contribution in [1.82, 2.24) is 0 Å². The number of hydrogen-bond donors (Lipinski definition) is 1. The minimum absolute atomic E-state index is 0. The molecule has 19 heavy (non-hydrogen) atoms. The second kappa shape index (κ2) is 6.72. The van der Waals surface area contributed by atoms with Crippen LogP contribution in [0.2, 0.25) is 0 Å². The number of methoxy groups -OCH3 is 1. The van der Waals surface area contributed by atoms with Gasteiger partial charge in [-0.15, -0.1) is 12.4 Å². The largest absolute Gasteiger partial charge is 0.469 e. The van der Waals surface area contributed by atoms with Crippen molar-refractivity contribution < 1.29 is 27.1 Å². The Morgan fingerprint density at radius 1 is 1.42 bits per heavy atom. The van der Waals surface area contributed by atoms with Crippen LogP contribution >= 0.6 is 12.4 Å². The molecule has 0 saturated heterocycles. The standard InChI is InChI=1S/C11H11F4NO2.ClH/c1-18-9(17)5-8(16)6-3-2-4-7(10(6)12)11(13,14)15;/h2-4,8H,5,16H2,1H3;1H/t8-;/m1./s1. The van der Waals surface area contributed by atoms with E-state index in [1.807, 2.05) is 0 Å². The molecule has 0 bridgehead atoms. The van der Waals surface area contributed by atoms with E-state index in [-0.39, 0.29) is 18.0 Å². The molecule has 3 nitrogen and oxygen atoms in total. The average molecular weight is 302 g/mol. The molecule has 0 spiro atoms. The molecular weight excluding hydrogens is 290 g/mol. The third-order valence-electron chi connectivity index (χ3n) is 2.35. The molecule has 0 amide bonds. The van der Waals surface area contributed by atoms with Crippen molar-refractivity contribution >= 4 is 18.4 Å². The fourth-order valence-corrected chi connectivity index (χ4v) is 1.43. The third kappa shape index (κ3) is 4.36. The maximum atomic E-state index is 13.6. The molecule has 0 radical (unpaired) electrons. The molecule has 0 aliphatic carbocycles. The smallest absolute Gasteiger partial charge is 0.419 e. The van der Waals surface area contributed by atoms with Gasteiger partial charge >= 0.3 is 12.1 Å². The third-order valence-corrected chi connectivity index (χ3v) is 2.35. The summed E-state index contributed by atoms with van der Waals surface area (Å²) >= 11 is 0. The molecule has 1 atom stereocenters. The van der Waals surface area contributed by atoms with Crippen LogP contribution in [-0.4, -0.2) is 13.1 Å². The van der Waals surface area contributed by atoms with Crippen molar-refractivity contribution in [2.45, 2.75) is 18.6 Å². The molecule has 0 aliphatic heterocycles. The number of alkyl halides is 3. The first-order valence-corrected chi connectivity index (χ1v) is 4.95. The molecule has 0 saturated carbocycles. The zero-order valence-electron chi connectivity index (χ0n) is 9.83. The summed E-state index contributed by atoms with van der Waals surface area (Å²) in [7, 11) is 1.11. The van der Waals surface area contributed by atoms with Gasteiger partial charge in [0.1, 0.15) is 5.82 Å². The first-order valence-electron chi connectivity index (χ1n) is 4.95. The highest BCUT2D eigenvalue weighted by molar-refractivity contribution is 5.85. The molecule has 0 fully saturated rings. The summed E-state index contributed by atoms with van der Waals surface area (Å²) in [4.78, 5) is 10.9. The van der Waals surface area contributed by atoms with Gasteiger partial charge in [0.25, 0.3) is 0 Å². The number of rotatable bonds is 3. The molecule has 1 aromatic carbocycles. The quantitative estimate of drug-likeness (QED) is 0.690. The van der Waals surface area contributed by atoms with E-state index in [0.29, 0.717) is 6.07 Å². The Balaban J connectivity index is 0.00000324. The number of hydrogen-bond acceptors (Lipinski definition) is 3. The highest BCUT2D eigenvalue weighted by Crippen LogP contribution is 2.33. The van der Waals surface area contributed by atoms with Gasteiger partial charge in [0.15, 0.2) is 0 Å². The lowest BCUT2D eigenvalue weighted by Gasteiger charge is -2.15. The Hall–Kier alpha value is -1.34. The van der Waals surface area contributed by atoms with Crippen LogP contribution in [0, 0.1) is 5.82 Å². The van der Waals surface area contributed by atoms with Crippen LogP contribution in [-0.2, 0) is 15.7 Å². The molecule has 108 valence electrons. The maximum absolute atomic E-state index is 13.6. The first-order chi connectivity index (χ1) is 8.27. The van der Waals surface area contributed by atoms with Gasteiger partial charge in [-0.2, -0.15) is 13.2 Å². The van der Waals surface area contributed by atoms with Gasteiger partial charge in [-0.05, 0) is 6.07 Å². The van der Waals surface area contributed by atoms with E-state index in [9.17, 15) is 22.4 Å². The number of halogens is 5. The molecule has 0 aliphatic rings. The van der Waals surface area contributed by atoms with E-state index in [1.54, 1.807) is 0 Å². The molecule has 8 heteroatoms. The van der Waals surface area contributed by atoms with Crippen molar-refractivity contribution in [3.05, 3.63) is 35.1 Å². The Bertz CT molecular complexity index is 451. The highest BCUT2D eigenvalue weighted by atomic mass is 35.5. The fourth-order valence-electron chi connectivity index (χ4n) is 1.43. The van der Waals surface area contributed by atoms with Gasteiger partial charge in [-0.1, -0.05) is 12.1 Å². The summed E-state index contributed by atoms with van der Waals surface area (Å²) < 4.78 is 55.3. The number of ether oxygens (including phenoxy) is 1. The lowest BCUT2D eigenvalue weighted by atomic mass is 10.0.